The fraction of sp³-hybridized carbons (Fsp3) is 0.263. The van der Waals surface area contributed by atoms with Crippen molar-refractivity contribution in [2.75, 3.05) is 31.2 Å². The van der Waals surface area contributed by atoms with Gasteiger partial charge in [-0.2, -0.15) is 5.10 Å². The third-order valence-electron chi connectivity index (χ3n) is 4.45. The van der Waals surface area contributed by atoms with Gasteiger partial charge in [0.25, 0.3) is 5.91 Å². The first-order valence-corrected chi connectivity index (χ1v) is 8.81. The number of amides is 1. The van der Waals surface area contributed by atoms with Crippen molar-refractivity contribution in [1.82, 2.24) is 25.1 Å². The van der Waals surface area contributed by atoms with E-state index >= 15 is 0 Å². The molecule has 8 nitrogen and oxygen atoms in total. The van der Waals surface area contributed by atoms with Gasteiger partial charge in [0.1, 0.15) is 12.7 Å². The van der Waals surface area contributed by atoms with Gasteiger partial charge in [-0.1, -0.05) is 6.07 Å². The molecule has 0 aliphatic carbocycles. The van der Waals surface area contributed by atoms with Crippen LogP contribution in [0.4, 0.5) is 5.69 Å². The summed E-state index contributed by atoms with van der Waals surface area (Å²) in [7, 11) is 0. The second kappa shape index (κ2) is 7.96. The van der Waals surface area contributed by atoms with E-state index in [0.717, 1.165) is 37.6 Å². The van der Waals surface area contributed by atoms with Crippen LogP contribution in [0.15, 0.2) is 55.2 Å². The molecule has 1 amide bonds. The summed E-state index contributed by atoms with van der Waals surface area (Å²) in [5.74, 6) is 0.523. The van der Waals surface area contributed by atoms with E-state index in [4.69, 9.17) is 4.74 Å². The molecule has 0 unspecified atom stereocenters. The number of nitrogens with one attached hydrogen (secondary N) is 1. The molecule has 2 aromatic heterocycles. The number of anilines is 1. The largest absolute Gasteiger partial charge is 0.378 e. The lowest BCUT2D eigenvalue weighted by atomic mass is 10.1. The first-order valence-electron chi connectivity index (χ1n) is 8.81. The molecule has 1 aliphatic rings. The maximum Gasteiger partial charge on any atom is 0.251 e. The van der Waals surface area contributed by atoms with E-state index in [9.17, 15) is 4.79 Å². The molecule has 3 heterocycles. The zero-order chi connectivity index (χ0) is 18.5. The highest BCUT2D eigenvalue weighted by Gasteiger charge is 2.13. The molecule has 1 fully saturated rings. The van der Waals surface area contributed by atoms with E-state index in [1.807, 2.05) is 36.4 Å². The summed E-state index contributed by atoms with van der Waals surface area (Å²) in [5, 5.41) is 7.05. The van der Waals surface area contributed by atoms with Gasteiger partial charge in [0.2, 0.25) is 0 Å². The number of benzene rings is 1. The van der Waals surface area contributed by atoms with E-state index in [0.29, 0.717) is 17.9 Å². The van der Waals surface area contributed by atoms with Gasteiger partial charge in [-0.25, -0.2) is 14.6 Å². The van der Waals surface area contributed by atoms with Gasteiger partial charge in [0.05, 0.1) is 13.2 Å². The summed E-state index contributed by atoms with van der Waals surface area (Å²) >= 11 is 0. The minimum atomic E-state index is -0.128. The summed E-state index contributed by atoms with van der Waals surface area (Å²) in [6.07, 6.45) is 4.72. The third kappa shape index (κ3) is 3.95. The van der Waals surface area contributed by atoms with Crippen molar-refractivity contribution in [2.24, 2.45) is 0 Å². The summed E-state index contributed by atoms with van der Waals surface area (Å²) in [4.78, 5) is 23.0. The molecule has 0 saturated carbocycles. The Morgan fingerprint density at radius 3 is 2.70 bits per heavy atom. The molecule has 27 heavy (non-hydrogen) atoms. The Kier molecular flexibility index (Phi) is 5.06. The Morgan fingerprint density at radius 1 is 1.15 bits per heavy atom. The maximum absolute atomic E-state index is 12.5. The zero-order valence-corrected chi connectivity index (χ0v) is 14.8. The van der Waals surface area contributed by atoms with Crippen LogP contribution in [0.25, 0.3) is 5.82 Å². The van der Waals surface area contributed by atoms with Crippen LogP contribution in [-0.2, 0) is 11.3 Å². The van der Waals surface area contributed by atoms with Crippen molar-refractivity contribution < 1.29 is 9.53 Å². The molecule has 1 aromatic carbocycles. The van der Waals surface area contributed by atoms with Gasteiger partial charge in [-0.05, 0) is 30.3 Å². The Labute approximate surface area is 156 Å². The second-order valence-corrected chi connectivity index (χ2v) is 6.16. The number of rotatable bonds is 5. The number of pyridine rings is 1. The highest BCUT2D eigenvalue weighted by atomic mass is 16.5. The maximum atomic E-state index is 12.5. The number of nitrogens with zero attached hydrogens (tertiary/aromatic N) is 5. The number of morpholine rings is 1. The molecular formula is C19H20N6O2. The number of hydrogen-bond donors (Lipinski definition) is 1. The van der Waals surface area contributed by atoms with Gasteiger partial charge < -0.3 is 15.0 Å². The van der Waals surface area contributed by atoms with E-state index in [2.05, 4.69) is 25.3 Å². The van der Waals surface area contributed by atoms with Crippen molar-refractivity contribution in [2.45, 2.75) is 6.54 Å². The Morgan fingerprint density at radius 2 is 1.96 bits per heavy atom. The minimum Gasteiger partial charge on any atom is -0.378 e. The summed E-state index contributed by atoms with van der Waals surface area (Å²) < 4.78 is 6.95. The fourth-order valence-electron chi connectivity index (χ4n) is 3.01. The zero-order valence-electron chi connectivity index (χ0n) is 14.8. The molecule has 0 spiro atoms. The van der Waals surface area contributed by atoms with Gasteiger partial charge in [-0.15, -0.1) is 0 Å². The van der Waals surface area contributed by atoms with Gasteiger partial charge in [0.15, 0.2) is 5.82 Å². The number of hydrogen-bond acceptors (Lipinski definition) is 6. The van der Waals surface area contributed by atoms with E-state index in [-0.39, 0.29) is 5.91 Å². The molecule has 4 rings (SSSR count). The Hall–Kier alpha value is -3.26. The average molecular weight is 364 g/mol. The molecule has 138 valence electrons. The molecule has 8 heteroatoms. The van der Waals surface area contributed by atoms with Crippen LogP contribution in [0.1, 0.15) is 15.9 Å². The quantitative estimate of drug-likeness (QED) is 0.737. The normalized spacial score (nSPS) is 14.1. The highest BCUT2D eigenvalue weighted by molar-refractivity contribution is 5.94. The molecule has 1 aliphatic heterocycles. The first-order chi connectivity index (χ1) is 13.3. The van der Waals surface area contributed by atoms with Crippen LogP contribution in [0, 0.1) is 0 Å². The van der Waals surface area contributed by atoms with Gasteiger partial charge in [-0.3, -0.25) is 4.79 Å². The molecular weight excluding hydrogens is 344 g/mol. The van der Waals surface area contributed by atoms with Crippen LogP contribution < -0.4 is 10.2 Å². The number of carbonyl (C=O) groups is 1. The first kappa shape index (κ1) is 17.2. The standard InChI is InChI=1S/C19H20N6O2/c26-19(15-3-5-17(6-4-15)24-8-10-27-11-9-24)22-12-16-2-1-7-21-18(16)25-14-20-13-23-25/h1-7,13-14H,8-12H2,(H,22,26). The van der Waals surface area contributed by atoms with E-state index in [1.54, 1.807) is 17.2 Å². The molecule has 0 bridgehead atoms. The summed E-state index contributed by atoms with van der Waals surface area (Å²) in [5.41, 5.74) is 2.59. The van der Waals surface area contributed by atoms with Gasteiger partial charge in [0, 0.05) is 42.6 Å². The Balaban J connectivity index is 1.41. The van der Waals surface area contributed by atoms with Crippen molar-refractivity contribution in [1.29, 1.82) is 0 Å². The minimum absolute atomic E-state index is 0.128. The number of carbonyl (C=O) groups excluding carboxylic acids is 1. The molecule has 1 N–H and O–H groups in total. The Bertz CT molecular complexity index is 889. The van der Waals surface area contributed by atoms with Crippen molar-refractivity contribution in [3.05, 3.63) is 66.4 Å². The van der Waals surface area contributed by atoms with Crippen LogP contribution >= 0.6 is 0 Å². The third-order valence-corrected chi connectivity index (χ3v) is 4.45. The highest BCUT2D eigenvalue weighted by Crippen LogP contribution is 2.17. The molecule has 0 radical (unpaired) electrons. The van der Waals surface area contributed by atoms with Crippen molar-refractivity contribution in [3.8, 4) is 5.82 Å². The van der Waals surface area contributed by atoms with Crippen molar-refractivity contribution >= 4 is 11.6 Å². The number of ether oxygens (including phenoxy) is 1. The summed E-state index contributed by atoms with van der Waals surface area (Å²) in [6, 6.07) is 11.4. The molecule has 3 aromatic rings. The lowest BCUT2D eigenvalue weighted by molar-refractivity contribution is 0.0951. The molecule has 0 atom stereocenters. The van der Waals surface area contributed by atoms with E-state index < -0.39 is 0 Å². The number of aromatic nitrogens is 4. The predicted octanol–water partition coefficient (Wildman–Crippen LogP) is 1.43. The van der Waals surface area contributed by atoms with Crippen LogP contribution in [0.3, 0.4) is 0 Å². The SMILES string of the molecule is O=C(NCc1cccnc1-n1cncn1)c1ccc(N2CCOCC2)cc1. The van der Waals surface area contributed by atoms with Crippen molar-refractivity contribution in [3.63, 3.8) is 0 Å². The van der Waals surface area contributed by atoms with Crippen LogP contribution in [0.5, 0.6) is 0 Å². The molecule has 1 saturated heterocycles. The smallest absolute Gasteiger partial charge is 0.251 e. The lowest BCUT2D eigenvalue weighted by Crippen LogP contribution is -2.36. The van der Waals surface area contributed by atoms with Crippen LogP contribution in [-0.4, -0.2) is 52.0 Å². The second-order valence-electron chi connectivity index (χ2n) is 6.16. The van der Waals surface area contributed by atoms with Gasteiger partial charge >= 0.3 is 0 Å². The lowest BCUT2D eigenvalue weighted by Gasteiger charge is -2.28. The monoisotopic (exact) mass is 364 g/mol. The van der Waals surface area contributed by atoms with E-state index in [1.165, 1.54) is 6.33 Å². The fourth-order valence-corrected chi connectivity index (χ4v) is 3.01. The summed E-state index contributed by atoms with van der Waals surface area (Å²) in [6.45, 7) is 3.57. The predicted molar refractivity (Wildman–Crippen MR) is 99.8 cm³/mol. The van der Waals surface area contributed by atoms with Crippen LogP contribution in [0.2, 0.25) is 0 Å². The topological polar surface area (TPSA) is 85.2 Å². The average Bonchev–Trinajstić information content (AvgIpc) is 3.28.